The molecule has 0 saturated heterocycles. The van der Waals surface area contributed by atoms with Crippen LogP contribution in [0.1, 0.15) is 45.7 Å². The molecule has 2 aromatic carbocycles. The van der Waals surface area contributed by atoms with Crippen molar-refractivity contribution in [2.45, 2.75) is 52.8 Å². The molecule has 7 nitrogen and oxygen atoms in total. The molecule has 0 aliphatic heterocycles. The van der Waals surface area contributed by atoms with Gasteiger partial charge in [0.15, 0.2) is 5.82 Å². The molecule has 0 atom stereocenters. The summed E-state index contributed by atoms with van der Waals surface area (Å²) >= 11 is 6.37. The molecular weight excluding hydrogens is 509 g/mol. The number of carbonyl (C=O) groups is 1. The fraction of sp³-hybridized carbons (Fsp3) is 0.385. The number of hydrogen-bond acceptors (Lipinski definition) is 5. The maximum absolute atomic E-state index is 13.2. The Kier molecular flexibility index (Phi) is 7.74. The Hall–Kier alpha value is -3.40. The highest BCUT2D eigenvalue weighted by atomic mass is 35.5. The molecule has 198 valence electrons. The minimum absolute atomic E-state index is 0.122. The van der Waals surface area contributed by atoms with Crippen molar-refractivity contribution in [3.05, 3.63) is 63.0 Å². The Morgan fingerprint density at radius 1 is 1.05 bits per heavy atom. The van der Waals surface area contributed by atoms with Gasteiger partial charge in [0.25, 0.3) is 0 Å². The van der Waals surface area contributed by atoms with Crippen LogP contribution in [0.4, 0.5) is 13.2 Å². The Morgan fingerprint density at radius 3 is 2.32 bits per heavy atom. The molecular formula is C26H28ClF3N4O3. The van der Waals surface area contributed by atoms with Gasteiger partial charge in [-0.2, -0.15) is 18.2 Å². The number of nitrogens with zero attached hydrogens (tertiary/aromatic N) is 2. The molecule has 0 saturated carbocycles. The zero-order valence-electron chi connectivity index (χ0n) is 21.3. The molecule has 37 heavy (non-hydrogen) atoms. The van der Waals surface area contributed by atoms with Crippen LogP contribution in [0.3, 0.4) is 0 Å². The van der Waals surface area contributed by atoms with E-state index in [4.69, 9.17) is 16.3 Å². The van der Waals surface area contributed by atoms with Gasteiger partial charge < -0.3 is 10.1 Å². The van der Waals surface area contributed by atoms with E-state index in [0.717, 1.165) is 19.4 Å². The molecule has 11 heteroatoms. The van der Waals surface area contributed by atoms with Crippen LogP contribution >= 0.6 is 11.6 Å². The molecule has 0 spiro atoms. The Bertz CT molecular complexity index is 1380. The number of aromatic nitrogens is 3. The SMILES string of the molecule is COc1ccc(-c2nc(-c3cc(CNC(=O)C(C)(C)C(F)(F)F)ccc3Cl)[nH]c(=O)n2)cc1C(C)(C)C. The van der Waals surface area contributed by atoms with Gasteiger partial charge in [0.2, 0.25) is 5.91 Å². The monoisotopic (exact) mass is 536 g/mol. The predicted octanol–water partition coefficient (Wildman–Crippen LogP) is 5.66. The predicted molar refractivity (Wildman–Crippen MR) is 135 cm³/mol. The van der Waals surface area contributed by atoms with Gasteiger partial charge in [-0.25, -0.2) is 9.78 Å². The summed E-state index contributed by atoms with van der Waals surface area (Å²) in [4.78, 5) is 35.7. The van der Waals surface area contributed by atoms with E-state index in [1.807, 2.05) is 26.8 Å². The number of hydrogen-bond donors (Lipinski definition) is 2. The second-order valence-electron chi connectivity index (χ2n) is 10.1. The highest BCUT2D eigenvalue weighted by molar-refractivity contribution is 6.33. The summed E-state index contributed by atoms with van der Waals surface area (Å²) in [6, 6.07) is 9.99. The quantitative estimate of drug-likeness (QED) is 0.423. The number of rotatable bonds is 6. The number of nitrogens with one attached hydrogen (secondary N) is 2. The number of aromatic amines is 1. The minimum Gasteiger partial charge on any atom is -0.496 e. The largest absolute Gasteiger partial charge is 0.496 e. The maximum atomic E-state index is 13.2. The van der Waals surface area contributed by atoms with Crippen LogP contribution in [0.15, 0.2) is 41.2 Å². The fourth-order valence-corrected chi connectivity index (χ4v) is 3.68. The first-order valence-corrected chi connectivity index (χ1v) is 11.7. The van der Waals surface area contributed by atoms with E-state index in [2.05, 4.69) is 20.3 Å². The van der Waals surface area contributed by atoms with Crippen molar-refractivity contribution in [1.82, 2.24) is 20.3 Å². The number of methoxy groups -OCH3 is 1. The van der Waals surface area contributed by atoms with Gasteiger partial charge in [0, 0.05) is 23.2 Å². The van der Waals surface area contributed by atoms with E-state index in [0.29, 0.717) is 22.4 Å². The van der Waals surface area contributed by atoms with Crippen LogP contribution in [-0.4, -0.2) is 34.1 Å². The third kappa shape index (κ3) is 6.12. The lowest BCUT2D eigenvalue weighted by Gasteiger charge is -2.26. The van der Waals surface area contributed by atoms with Crippen molar-refractivity contribution >= 4 is 17.5 Å². The van der Waals surface area contributed by atoms with Crippen molar-refractivity contribution < 1.29 is 22.7 Å². The average molecular weight is 537 g/mol. The van der Waals surface area contributed by atoms with Crippen LogP contribution in [0.25, 0.3) is 22.8 Å². The highest BCUT2D eigenvalue weighted by Gasteiger charge is 2.52. The molecule has 3 aromatic rings. The Morgan fingerprint density at radius 2 is 1.73 bits per heavy atom. The topological polar surface area (TPSA) is 97.0 Å². The van der Waals surface area contributed by atoms with Crippen molar-refractivity contribution in [1.29, 1.82) is 0 Å². The molecule has 2 N–H and O–H groups in total. The Labute approximate surface area is 217 Å². The van der Waals surface area contributed by atoms with Crippen molar-refractivity contribution in [2.24, 2.45) is 5.41 Å². The van der Waals surface area contributed by atoms with E-state index in [1.54, 1.807) is 31.4 Å². The number of benzene rings is 2. The van der Waals surface area contributed by atoms with E-state index < -0.39 is 23.2 Å². The summed E-state index contributed by atoms with van der Waals surface area (Å²) < 4.78 is 45.0. The van der Waals surface area contributed by atoms with E-state index in [1.165, 1.54) is 6.07 Å². The normalized spacial score (nSPS) is 12.4. The molecule has 0 fully saturated rings. The van der Waals surface area contributed by atoms with E-state index in [9.17, 15) is 22.8 Å². The van der Waals surface area contributed by atoms with Gasteiger partial charge >= 0.3 is 11.9 Å². The highest BCUT2D eigenvalue weighted by Crippen LogP contribution is 2.38. The van der Waals surface area contributed by atoms with Gasteiger partial charge in [0.05, 0.1) is 12.1 Å². The van der Waals surface area contributed by atoms with Gasteiger partial charge in [-0.1, -0.05) is 38.4 Å². The molecule has 0 bridgehead atoms. The summed E-state index contributed by atoms with van der Waals surface area (Å²) in [5.41, 5.74) is -1.19. The second kappa shape index (κ2) is 10.2. The molecule has 3 rings (SSSR count). The molecule has 1 amide bonds. The van der Waals surface area contributed by atoms with Crippen molar-refractivity contribution in [3.63, 3.8) is 0 Å². The second-order valence-corrected chi connectivity index (χ2v) is 10.5. The molecule has 1 aromatic heterocycles. The van der Waals surface area contributed by atoms with Crippen LogP contribution < -0.4 is 15.7 Å². The Balaban J connectivity index is 1.98. The first-order valence-electron chi connectivity index (χ1n) is 11.4. The number of H-pyrrole nitrogens is 1. The van der Waals surface area contributed by atoms with Gasteiger partial charge in [-0.3, -0.25) is 9.78 Å². The van der Waals surface area contributed by atoms with Crippen LogP contribution in [-0.2, 0) is 16.8 Å². The fourth-order valence-electron chi connectivity index (χ4n) is 3.47. The number of amides is 1. The minimum atomic E-state index is -4.70. The lowest BCUT2D eigenvalue weighted by molar-refractivity contribution is -0.211. The molecule has 1 heterocycles. The van der Waals surface area contributed by atoms with E-state index in [-0.39, 0.29) is 28.6 Å². The summed E-state index contributed by atoms with van der Waals surface area (Å²) in [5.74, 6) is -0.193. The third-order valence-corrected chi connectivity index (χ3v) is 6.26. The van der Waals surface area contributed by atoms with Crippen molar-refractivity contribution in [3.8, 4) is 28.5 Å². The zero-order chi connectivity index (χ0) is 27.8. The van der Waals surface area contributed by atoms with Gasteiger partial charge in [-0.15, -0.1) is 0 Å². The summed E-state index contributed by atoms with van der Waals surface area (Å²) in [7, 11) is 1.58. The third-order valence-electron chi connectivity index (χ3n) is 5.93. The first kappa shape index (κ1) is 28.2. The molecule has 0 aliphatic rings. The number of alkyl halides is 3. The number of halogens is 4. The van der Waals surface area contributed by atoms with Crippen LogP contribution in [0.2, 0.25) is 5.02 Å². The first-order chi connectivity index (χ1) is 17.0. The standard InChI is InChI=1S/C26H28ClF3N4O3/c1-24(2,3)17-12-15(8-10-19(17)37-6)20-32-21(34-23(36)33-20)16-11-14(7-9-18(16)27)13-31-22(35)25(4,5)26(28,29)30/h7-12H,13H2,1-6H3,(H,31,35)(H,32,33,34,36). The van der Waals surface area contributed by atoms with Crippen molar-refractivity contribution in [2.75, 3.05) is 7.11 Å². The lowest BCUT2D eigenvalue weighted by atomic mass is 9.85. The zero-order valence-corrected chi connectivity index (χ0v) is 22.1. The maximum Gasteiger partial charge on any atom is 0.402 e. The van der Waals surface area contributed by atoms with Gasteiger partial charge in [0.1, 0.15) is 17.0 Å². The summed E-state index contributed by atoms with van der Waals surface area (Å²) in [5, 5.41) is 2.55. The summed E-state index contributed by atoms with van der Waals surface area (Å²) in [6.45, 7) is 7.52. The average Bonchev–Trinajstić information content (AvgIpc) is 2.81. The summed E-state index contributed by atoms with van der Waals surface area (Å²) in [6.07, 6.45) is -4.70. The van der Waals surface area contributed by atoms with Crippen LogP contribution in [0, 0.1) is 5.41 Å². The number of carbonyl (C=O) groups excluding carboxylic acids is 1. The lowest BCUT2D eigenvalue weighted by Crippen LogP contribution is -2.46. The van der Waals surface area contributed by atoms with E-state index >= 15 is 0 Å². The molecule has 0 unspecified atom stereocenters. The smallest absolute Gasteiger partial charge is 0.402 e. The number of ether oxygens (including phenoxy) is 1. The molecule has 0 radical (unpaired) electrons. The van der Waals surface area contributed by atoms with Gasteiger partial charge in [-0.05, 0) is 55.2 Å². The molecule has 0 aliphatic carbocycles. The van der Waals surface area contributed by atoms with Crippen LogP contribution in [0.5, 0.6) is 5.75 Å².